The fraction of sp³-hybridized carbons (Fsp3) is 0.0833. The highest BCUT2D eigenvalue weighted by Gasteiger charge is 2.08. The number of fused-ring (bicyclic) bond motifs is 1. The molecule has 0 unspecified atom stereocenters. The van der Waals surface area contributed by atoms with Gasteiger partial charge in [-0.1, -0.05) is 15.9 Å². The van der Waals surface area contributed by atoms with Crippen molar-refractivity contribution in [2.24, 2.45) is 0 Å². The van der Waals surface area contributed by atoms with E-state index < -0.39 is 0 Å². The van der Waals surface area contributed by atoms with Crippen LogP contribution in [0.5, 0.6) is 0 Å². The van der Waals surface area contributed by atoms with Crippen molar-refractivity contribution in [2.75, 3.05) is 5.32 Å². The number of aromatic nitrogens is 4. The van der Waals surface area contributed by atoms with E-state index in [1.807, 2.05) is 31.2 Å². The zero-order valence-electron chi connectivity index (χ0n) is 9.91. The van der Waals surface area contributed by atoms with E-state index in [4.69, 9.17) is 11.6 Å². The number of hydrogen-bond acceptors (Lipinski definition) is 4. The van der Waals surface area contributed by atoms with Crippen LogP contribution in [0.3, 0.4) is 0 Å². The molecule has 3 aromatic rings. The molecule has 0 saturated carbocycles. The molecule has 0 aliphatic heterocycles. The van der Waals surface area contributed by atoms with Gasteiger partial charge in [0.05, 0.1) is 11.2 Å². The van der Waals surface area contributed by atoms with Gasteiger partial charge in [-0.15, -0.1) is 0 Å². The summed E-state index contributed by atoms with van der Waals surface area (Å²) in [6, 6.07) is 7.65. The highest BCUT2D eigenvalue weighted by molar-refractivity contribution is 9.10. The monoisotopic (exact) mass is 337 g/mol. The number of aryl methyl sites for hydroxylation is 1. The van der Waals surface area contributed by atoms with Crippen LogP contribution in [0.1, 0.15) is 5.69 Å². The predicted molar refractivity (Wildman–Crippen MR) is 78.9 cm³/mol. The number of nitrogens with zero attached hydrogens (tertiary/aromatic N) is 3. The van der Waals surface area contributed by atoms with Gasteiger partial charge in [-0.25, -0.2) is 4.98 Å². The summed E-state index contributed by atoms with van der Waals surface area (Å²) in [5, 5.41) is 11.2. The first-order valence-corrected chi connectivity index (χ1v) is 6.71. The fourth-order valence-electron chi connectivity index (χ4n) is 1.78. The first-order chi connectivity index (χ1) is 9.11. The maximum absolute atomic E-state index is 5.94. The molecule has 2 N–H and O–H groups in total. The minimum absolute atomic E-state index is 0.198. The highest BCUT2D eigenvalue weighted by atomic mass is 79.9. The Bertz CT molecular complexity index is 750. The number of benzene rings is 1. The van der Waals surface area contributed by atoms with E-state index in [1.165, 1.54) is 0 Å². The third-order valence-electron chi connectivity index (χ3n) is 2.59. The Labute approximate surface area is 122 Å². The van der Waals surface area contributed by atoms with Crippen LogP contribution in [-0.2, 0) is 0 Å². The summed E-state index contributed by atoms with van der Waals surface area (Å²) in [5.74, 6) is 1.41. The van der Waals surface area contributed by atoms with Crippen LogP contribution in [0.25, 0.3) is 10.9 Å². The molecule has 2 heterocycles. The summed E-state index contributed by atoms with van der Waals surface area (Å²) >= 11 is 9.36. The van der Waals surface area contributed by atoms with Crippen molar-refractivity contribution in [3.05, 3.63) is 39.7 Å². The molecule has 0 saturated heterocycles. The maximum atomic E-state index is 5.94. The summed E-state index contributed by atoms with van der Waals surface area (Å²) in [5.41, 5.74) is 1.67. The molecule has 1 aromatic carbocycles. The van der Waals surface area contributed by atoms with Crippen molar-refractivity contribution in [3.8, 4) is 0 Å². The molecule has 19 heavy (non-hydrogen) atoms. The van der Waals surface area contributed by atoms with Crippen LogP contribution in [0.4, 0.5) is 11.6 Å². The molecule has 0 fully saturated rings. The molecule has 0 amide bonds. The van der Waals surface area contributed by atoms with Gasteiger partial charge in [-0.3, -0.25) is 5.10 Å². The first-order valence-electron chi connectivity index (χ1n) is 5.53. The molecule has 0 spiro atoms. The van der Waals surface area contributed by atoms with E-state index in [0.717, 1.165) is 26.9 Å². The van der Waals surface area contributed by atoms with E-state index in [-0.39, 0.29) is 5.28 Å². The van der Waals surface area contributed by atoms with Gasteiger partial charge < -0.3 is 5.32 Å². The number of anilines is 2. The lowest BCUT2D eigenvalue weighted by molar-refractivity contribution is 1.05. The van der Waals surface area contributed by atoms with E-state index >= 15 is 0 Å². The van der Waals surface area contributed by atoms with Gasteiger partial charge >= 0.3 is 0 Å². The molecule has 0 bridgehead atoms. The zero-order chi connectivity index (χ0) is 13.4. The zero-order valence-corrected chi connectivity index (χ0v) is 12.2. The predicted octanol–water partition coefficient (Wildman–Crippen LogP) is 3.82. The molecular weight excluding hydrogens is 330 g/mol. The van der Waals surface area contributed by atoms with E-state index in [9.17, 15) is 0 Å². The van der Waals surface area contributed by atoms with Gasteiger partial charge in [0.2, 0.25) is 5.28 Å². The normalized spacial score (nSPS) is 10.9. The van der Waals surface area contributed by atoms with Gasteiger partial charge in [-0.05, 0) is 36.7 Å². The molecule has 5 nitrogen and oxygen atoms in total. The average Bonchev–Trinajstić information content (AvgIpc) is 2.74. The van der Waals surface area contributed by atoms with E-state index in [0.29, 0.717) is 5.82 Å². The molecule has 0 atom stereocenters. The molecular formula is C12H9BrClN5. The number of aromatic amines is 1. The third-order valence-corrected chi connectivity index (χ3v) is 3.25. The lowest BCUT2D eigenvalue weighted by Gasteiger charge is -2.07. The Morgan fingerprint density at radius 3 is 2.84 bits per heavy atom. The number of halogens is 2. The third kappa shape index (κ3) is 2.54. The van der Waals surface area contributed by atoms with Gasteiger partial charge in [0.25, 0.3) is 0 Å². The standard InChI is InChI=1S/C12H9BrClN5/c1-6-4-10(19-18-6)16-11-8-3-2-7(13)5-9(8)15-12(14)17-11/h2-5H,1H3,(H2,15,16,17,18,19). The smallest absolute Gasteiger partial charge is 0.224 e. The summed E-state index contributed by atoms with van der Waals surface area (Å²) in [4.78, 5) is 8.42. The molecule has 96 valence electrons. The Balaban J connectivity index is 2.11. The second-order valence-corrected chi connectivity index (χ2v) is 5.30. The quantitative estimate of drug-likeness (QED) is 0.697. The molecule has 3 rings (SSSR count). The minimum Gasteiger partial charge on any atom is -0.325 e. The fourth-order valence-corrected chi connectivity index (χ4v) is 2.31. The topological polar surface area (TPSA) is 66.5 Å². The van der Waals surface area contributed by atoms with Crippen molar-refractivity contribution in [1.29, 1.82) is 0 Å². The molecule has 0 aliphatic rings. The van der Waals surface area contributed by atoms with Crippen molar-refractivity contribution in [2.45, 2.75) is 6.92 Å². The molecule has 7 heteroatoms. The lowest BCUT2D eigenvalue weighted by Crippen LogP contribution is -1.97. The Hall–Kier alpha value is -1.66. The molecule has 0 aliphatic carbocycles. The number of rotatable bonds is 2. The summed E-state index contributed by atoms with van der Waals surface area (Å²) in [6.45, 7) is 1.91. The van der Waals surface area contributed by atoms with Crippen molar-refractivity contribution in [3.63, 3.8) is 0 Å². The van der Waals surface area contributed by atoms with Crippen LogP contribution in [0, 0.1) is 6.92 Å². The Morgan fingerprint density at radius 1 is 1.26 bits per heavy atom. The largest absolute Gasteiger partial charge is 0.325 e. The van der Waals surface area contributed by atoms with Crippen molar-refractivity contribution >= 4 is 50.1 Å². The van der Waals surface area contributed by atoms with Gasteiger partial charge in [0, 0.05) is 15.9 Å². The van der Waals surface area contributed by atoms with Crippen LogP contribution in [0.2, 0.25) is 5.28 Å². The number of H-pyrrole nitrogens is 1. The number of hydrogen-bond donors (Lipinski definition) is 2. The van der Waals surface area contributed by atoms with Crippen LogP contribution in [0.15, 0.2) is 28.7 Å². The number of nitrogens with one attached hydrogen (secondary N) is 2. The second-order valence-electron chi connectivity index (χ2n) is 4.05. The highest BCUT2D eigenvalue weighted by Crippen LogP contribution is 2.27. The maximum Gasteiger partial charge on any atom is 0.224 e. The first kappa shape index (κ1) is 12.4. The van der Waals surface area contributed by atoms with Crippen LogP contribution >= 0.6 is 27.5 Å². The van der Waals surface area contributed by atoms with Crippen LogP contribution < -0.4 is 5.32 Å². The SMILES string of the molecule is Cc1cc(Nc2nc(Cl)nc3cc(Br)ccc23)[nH]n1. The molecule has 2 aromatic heterocycles. The van der Waals surface area contributed by atoms with Gasteiger partial charge in [0.1, 0.15) is 11.6 Å². The van der Waals surface area contributed by atoms with Gasteiger partial charge in [0.15, 0.2) is 0 Å². The van der Waals surface area contributed by atoms with Crippen molar-refractivity contribution in [1.82, 2.24) is 20.2 Å². The average molecular weight is 339 g/mol. The second kappa shape index (κ2) is 4.79. The Morgan fingerprint density at radius 2 is 2.11 bits per heavy atom. The van der Waals surface area contributed by atoms with Crippen molar-refractivity contribution < 1.29 is 0 Å². The lowest BCUT2D eigenvalue weighted by atomic mass is 10.2. The summed E-state index contributed by atoms with van der Waals surface area (Å²) < 4.78 is 0.943. The van der Waals surface area contributed by atoms with E-state index in [1.54, 1.807) is 0 Å². The Kier molecular flexibility index (Phi) is 3.12. The van der Waals surface area contributed by atoms with Gasteiger partial charge in [-0.2, -0.15) is 10.1 Å². The summed E-state index contributed by atoms with van der Waals surface area (Å²) in [6.07, 6.45) is 0. The minimum atomic E-state index is 0.198. The molecule has 0 radical (unpaired) electrons. The van der Waals surface area contributed by atoms with Crippen LogP contribution in [-0.4, -0.2) is 20.2 Å². The van der Waals surface area contributed by atoms with E-state index in [2.05, 4.69) is 41.4 Å². The summed E-state index contributed by atoms with van der Waals surface area (Å²) in [7, 11) is 0.